The molecule has 6 heterocycles. The van der Waals surface area contributed by atoms with Crippen molar-refractivity contribution in [1.29, 1.82) is 0 Å². The van der Waals surface area contributed by atoms with Gasteiger partial charge >= 0.3 is 0 Å². The fraction of sp³-hybridized carbons (Fsp3) is 0.0625. The maximum atomic E-state index is 4.84. The lowest BCUT2D eigenvalue weighted by Crippen LogP contribution is -1.99. The summed E-state index contributed by atoms with van der Waals surface area (Å²) in [5.41, 5.74) is 4.42. The van der Waals surface area contributed by atoms with Crippen LogP contribution in [0.4, 0.5) is 0 Å². The number of benzene rings is 2. The van der Waals surface area contributed by atoms with Crippen molar-refractivity contribution in [2.45, 2.75) is 13.1 Å². The summed E-state index contributed by atoms with van der Waals surface area (Å²) < 4.78 is 6.74. The summed E-state index contributed by atoms with van der Waals surface area (Å²) in [4.78, 5) is 14.8. The Bertz CT molecular complexity index is 1900. The molecule has 0 radical (unpaired) electrons. The Labute approximate surface area is 275 Å². The first-order chi connectivity index (χ1) is 20.6. The normalized spacial score (nSPS) is 11.3. The van der Waals surface area contributed by atoms with Crippen LogP contribution in [0.15, 0.2) is 115 Å². The van der Waals surface area contributed by atoms with Gasteiger partial charge in [-0.2, -0.15) is 0 Å². The minimum atomic E-state index is 0.864. The molecule has 0 unspecified atom stereocenters. The first-order valence-corrected chi connectivity index (χ1v) is 18.2. The molecule has 0 bridgehead atoms. The summed E-state index contributed by atoms with van der Waals surface area (Å²) in [6.45, 7) is 1.73. The molecule has 42 heavy (non-hydrogen) atoms. The minimum absolute atomic E-state index is 0.864. The zero-order chi connectivity index (χ0) is 28.5. The van der Waals surface area contributed by atoms with E-state index in [-0.39, 0.29) is 0 Å². The van der Waals surface area contributed by atoms with Gasteiger partial charge in [0.15, 0.2) is 11.6 Å². The smallest absolute Gasteiger partial charge is 0.151 e. The number of hydrogen-bond acceptors (Lipinski definition) is 6. The van der Waals surface area contributed by atoms with Gasteiger partial charge in [-0.1, -0.05) is 56.1 Å². The van der Waals surface area contributed by atoms with Gasteiger partial charge in [0.05, 0.1) is 44.9 Å². The summed E-state index contributed by atoms with van der Waals surface area (Å²) in [7, 11) is 0. The fourth-order valence-corrected chi connectivity index (χ4v) is 8.36. The summed E-state index contributed by atoms with van der Waals surface area (Å²) in [5.74, 6) is 2.10. The molecule has 8 rings (SSSR count). The van der Waals surface area contributed by atoms with E-state index in [1.165, 1.54) is 30.5 Å². The van der Waals surface area contributed by atoms with Crippen molar-refractivity contribution >= 4 is 99.3 Å². The molecule has 0 atom stereocenters. The van der Waals surface area contributed by atoms with Crippen LogP contribution >= 0.6 is 77.2 Å². The average molecular weight is 751 g/mol. The maximum Gasteiger partial charge on any atom is 0.151 e. The van der Waals surface area contributed by atoms with Gasteiger partial charge in [-0.25, -0.2) is 9.97 Å². The number of thiophene rings is 4. The van der Waals surface area contributed by atoms with Crippen molar-refractivity contribution in [3.63, 3.8) is 0 Å². The Morgan fingerprint density at radius 1 is 0.524 bits per heavy atom. The van der Waals surface area contributed by atoms with E-state index in [9.17, 15) is 0 Å². The molecule has 208 valence electrons. The molecule has 0 spiro atoms. The molecule has 0 saturated carbocycles. The molecule has 6 aromatic heterocycles. The summed E-state index contributed by atoms with van der Waals surface area (Å²) in [6, 6.07) is 29.5. The number of imidazole rings is 2. The minimum Gasteiger partial charge on any atom is -0.318 e. The van der Waals surface area contributed by atoms with Crippen molar-refractivity contribution < 1.29 is 0 Å². The Kier molecular flexibility index (Phi) is 8.25. The van der Waals surface area contributed by atoms with E-state index in [1.807, 2.05) is 0 Å². The molecule has 0 aliphatic carbocycles. The highest BCUT2D eigenvalue weighted by molar-refractivity contribution is 9.10. The first kappa shape index (κ1) is 27.9. The van der Waals surface area contributed by atoms with Crippen molar-refractivity contribution in [3.05, 3.63) is 125 Å². The molecule has 8 aromatic rings. The van der Waals surface area contributed by atoms with E-state index in [0.29, 0.717) is 0 Å². The van der Waals surface area contributed by atoms with Crippen molar-refractivity contribution in [1.82, 2.24) is 19.1 Å². The second-order valence-electron chi connectivity index (χ2n) is 9.42. The second kappa shape index (κ2) is 12.4. The number of hydrogen-bond donors (Lipinski definition) is 0. The van der Waals surface area contributed by atoms with Crippen molar-refractivity contribution in [2.24, 2.45) is 0 Å². The molecule has 0 saturated heterocycles. The lowest BCUT2D eigenvalue weighted by Gasteiger charge is -2.06. The molecule has 2 aromatic carbocycles. The number of aromatic nitrogens is 4. The van der Waals surface area contributed by atoms with E-state index < -0.39 is 0 Å². The predicted octanol–water partition coefficient (Wildman–Crippen LogP) is 11.3. The van der Waals surface area contributed by atoms with Crippen LogP contribution in [-0.4, -0.2) is 19.1 Å². The molecule has 10 heteroatoms. The van der Waals surface area contributed by atoms with Gasteiger partial charge in [0.2, 0.25) is 0 Å². The lowest BCUT2D eigenvalue weighted by atomic mass is 10.3. The molecule has 0 N–H and O–H groups in total. The summed E-state index contributed by atoms with van der Waals surface area (Å²) >= 11 is 14.1. The zero-order valence-corrected chi connectivity index (χ0v) is 28.4. The third-order valence-corrected chi connectivity index (χ3v) is 11.1. The van der Waals surface area contributed by atoms with Gasteiger partial charge < -0.3 is 9.13 Å². The second-order valence-corrected chi connectivity index (χ2v) is 15.2. The summed E-state index contributed by atoms with van der Waals surface area (Å²) in [6.07, 6.45) is 0. The maximum absolute atomic E-state index is 4.84. The Balaban J connectivity index is 0.000000137. The molecule has 4 nitrogen and oxygen atoms in total. The Morgan fingerprint density at radius 2 is 0.952 bits per heavy atom. The fourth-order valence-electron chi connectivity index (χ4n) is 4.83. The zero-order valence-electron chi connectivity index (χ0n) is 22.0. The molecular formula is C32H22Br2N4S4. The Hall–Kier alpha value is -2.86. The lowest BCUT2D eigenvalue weighted by molar-refractivity contribution is 0.850. The molecular weight excluding hydrogens is 728 g/mol. The Morgan fingerprint density at radius 3 is 1.33 bits per heavy atom. The highest BCUT2D eigenvalue weighted by Gasteiger charge is 2.15. The van der Waals surface area contributed by atoms with Crippen LogP contribution < -0.4 is 0 Å². The molecule has 0 aliphatic heterocycles. The van der Waals surface area contributed by atoms with Crippen LogP contribution in [0.25, 0.3) is 43.5 Å². The van der Waals surface area contributed by atoms with Crippen LogP contribution in [0.3, 0.4) is 0 Å². The number of halogens is 2. The van der Waals surface area contributed by atoms with Crippen molar-refractivity contribution in [2.75, 3.05) is 0 Å². The topological polar surface area (TPSA) is 35.6 Å². The predicted molar refractivity (Wildman–Crippen MR) is 188 cm³/mol. The van der Waals surface area contributed by atoms with Crippen molar-refractivity contribution in [3.8, 4) is 21.4 Å². The number of rotatable bonds is 6. The monoisotopic (exact) mass is 748 g/mol. The third kappa shape index (κ3) is 5.84. The summed E-state index contributed by atoms with van der Waals surface area (Å²) in [5, 5.41) is 8.44. The number of fused-ring (bicyclic) bond motifs is 2. The number of nitrogens with zero attached hydrogens (tertiary/aromatic N) is 4. The first-order valence-electron chi connectivity index (χ1n) is 13.1. The molecule has 0 fully saturated rings. The highest BCUT2D eigenvalue weighted by atomic mass is 79.9. The van der Waals surface area contributed by atoms with Gasteiger partial charge in [0.1, 0.15) is 0 Å². The average Bonchev–Trinajstić information content (AvgIpc) is 3.83. The van der Waals surface area contributed by atoms with E-state index in [4.69, 9.17) is 9.97 Å². The largest absolute Gasteiger partial charge is 0.318 e. The van der Waals surface area contributed by atoms with E-state index in [2.05, 4.69) is 147 Å². The van der Waals surface area contributed by atoms with E-state index in [1.54, 1.807) is 45.3 Å². The van der Waals surface area contributed by atoms with Gasteiger partial charge in [-0.05, 0) is 82.2 Å². The molecule has 0 aliphatic rings. The van der Waals surface area contributed by atoms with Gasteiger partial charge in [-0.15, -0.1) is 45.3 Å². The van der Waals surface area contributed by atoms with E-state index in [0.717, 1.165) is 44.7 Å². The van der Waals surface area contributed by atoms with Gasteiger partial charge in [0, 0.05) is 18.7 Å². The third-order valence-electron chi connectivity index (χ3n) is 6.69. The van der Waals surface area contributed by atoms with Crippen LogP contribution in [0.2, 0.25) is 0 Å². The van der Waals surface area contributed by atoms with Gasteiger partial charge in [-0.3, -0.25) is 0 Å². The van der Waals surface area contributed by atoms with Crippen LogP contribution in [0.1, 0.15) is 9.75 Å². The van der Waals surface area contributed by atoms with Crippen LogP contribution in [-0.2, 0) is 13.1 Å². The van der Waals surface area contributed by atoms with Crippen LogP contribution in [0, 0.1) is 0 Å². The standard InChI is InChI=1S/2C16H11BrN2S2/c2*17-11-5-6-14-13(9-11)18-16(15-4-2-8-21-15)19(14)10-12-3-1-7-20-12/h2*1-9H,10H2. The highest BCUT2D eigenvalue weighted by Crippen LogP contribution is 2.32. The van der Waals surface area contributed by atoms with E-state index >= 15 is 0 Å². The molecule has 0 amide bonds. The quantitative estimate of drug-likeness (QED) is 0.170. The van der Waals surface area contributed by atoms with Crippen LogP contribution in [0.5, 0.6) is 0 Å². The van der Waals surface area contributed by atoms with Gasteiger partial charge in [0.25, 0.3) is 0 Å². The SMILES string of the molecule is Brc1ccc2c(c1)nc(-c1cccs1)n2Cc1cccs1.Brc1ccc2c(c1)nc(-c1cccs1)n2Cc1cccs1.